The van der Waals surface area contributed by atoms with Crippen LogP contribution < -0.4 is 16.2 Å². The lowest BCUT2D eigenvalue weighted by atomic mass is 10.2. The van der Waals surface area contributed by atoms with Crippen LogP contribution in [0.25, 0.3) is 11.0 Å². The molecule has 0 aliphatic carbocycles. The van der Waals surface area contributed by atoms with Crippen LogP contribution >= 0.6 is 34.8 Å². The summed E-state index contributed by atoms with van der Waals surface area (Å²) >= 11 is 7.07. The molecule has 3 rings (SSSR count). The first-order chi connectivity index (χ1) is 12.0. The largest absolute Gasteiger partial charge is 0.451 e. The number of carbonyl (C=O) groups is 2. The maximum absolute atomic E-state index is 12.1. The van der Waals surface area contributed by atoms with Crippen LogP contribution in [0.1, 0.15) is 20.9 Å². The number of furan rings is 1. The summed E-state index contributed by atoms with van der Waals surface area (Å²) in [6.45, 7) is 0. The Balaban J connectivity index is 1.58. The maximum atomic E-state index is 12.1. The minimum atomic E-state index is -0.503. The second-order valence-electron chi connectivity index (χ2n) is 4.99. The highest BCUT2D eigenvalue weighted by Gasteiger charge is 2.14. The number of hydrogen-bond acceptors (Lipinski definition) is 4. The van der Waals surface area contributed by atoms with Crippen LogP contribution in [0.5, 0.6) is 0 Å². The zero-order valence-electron chi connectivity index (χ0n) is 12.7. The minimum Gasteiger partial charge on any atom is -0.451 e. The number of halogens is 1. The smallest absolute Gasteiger partial charge is 0.293 e. The molecular weight excluding hydrogens is 453 g/mol. The second-order valence-corrected chi connectivity index (χ2v) is 6.56. The molecule has 8 heteroatoms. The van der Waals surface area contributed by atoms with Gasteiger partial charge < -0.3 is 4.42 Å². The van der Waals surface area contributed by atoms with Crippen molar-refractivity contribution < 1.29 is 14.0 Å². The Kier molecular flexibility index (Phi) is 5.29. The molecule has 25 heavy (non-hydrogen) atoms. The van der Waals surface area contributed by atoms with Gasteiger partial charge in [-0.3, -0.25) is 25.8 Å². The Morgan fingerprint density at radius 2 is 1.68 bits per heavy atom. The molecule has 0 saturated carbocycles. The van der Waals surface area contributed by atoms with Gasteiger partial charge in [0, 0.05) is 8.96 Å². The molecule has 0 aliphatic rings. The Morgan fingerprint density at radius 3 is 2.44 bits per heavy atom. The molecule has 126 valence electrons. The molecule has 1 aromatic heterocycles. The van der Waals surface area contributed by atoms with Crippen molar-refractivity contribution in [3.63, 3.8) is 0 Å². The Labute approximate surface area is 162 Å². The normalized spacial score (nSPS) is 10.3. The van der Waals surface area contributed by atoms with Crippen molar-refractivity contribution in [2.45, 2.75) is 0 Å². The number of benzene rings is 2. The first-order valence-corrected chi connectivity index (χ1v) is 8.68. The molecule has 0 radical (unpaired) electrons. The van der Waals surface area contributed by atoms with Gasteiger partial charge in [-0.05, 0) is 59.1 Å². The van der Waals surface area contributed by atoms with Gasteiger partial charge in [0.15, 0.2) is 10.9 Å². The lowest BCUT2D eigenvalue weighted by Gasteiger charge is -2.10. The summed E-state index contributed by atoms with van der Waals surface area (Å²) in [5.41, 5.74) is 6.05. The van der Waals surface area contributed by atoms with Crippen LogP contribution in [0.3, 0.4) is 0 Å². The third kappa shape index (κ3) is 4.15. The molecule has 1 heterocycles. The number of amides is 2. The summed E-state index contributed by atoms with van der Waals surface area (Å²) in [5.74, 6) is -0.725. The first kappa shape index (κ1) is 17.4. The lowest BCUT2D eigenvalue weighted by Crippen LogP contribution is -2.48. The topological polar surface area (TPSA) is 83.4 Å². The van der Waals surface area contributed by atoms with Crippen LogP contribution in [-0.4, -0.2) is 16.9 Å². The number of hydrogen-bond donors (Lipinski definition) is 3. The van der Waals surface area contributed by atoms with E-state index in [1.54, 1.807) is 24.3 Å². The lowest BCUT2D eigenvalue weighted by molar-refractivity contribution is 0.0927. The van der Waals surface area contributed by atoms with E-state index in [0.29, 0.717) is 11.1 Å². The monoisotopic (exact) mass is 465 g/mol. The number of fused-ring (bicyclic) bond motifs is 1. The third-order valence-electron chi connectivity index (χ3n) is 3.28. The Morgan fingerprint density at radius 1 is 0.960 bits per heavy atom. The van der Waals surface area contributed by atoms with Crippen molar-refractivity contribution in [1.29, 1.82) is 0 Å². The van der Waals surface area contributed by atoms with Crippen molar-refractivity contribution >= 4 is 62.7 Å². The molecule has 2 amide bonds. The standard InChI is InChI=1S/C17H12IN3O3S/c18-12-7-3-2-6-11(12)15(22)20-21-17(25)19-16(23)14-9-10-5-1-4-8-13(10)24-14/h1-9H,(H,20,22)(H2,19,21,23,25). The number of thiocarbonyl (C=S) groups is 1. The van der Waals surface area contributed by atoms with Gasteiger partial charge >= 0.3 is 0 Å². The SMILES string of the molecule is O=C(NC(=S)NNC(=O)c1ccccc1I)c1cc2ccccc2o1. The van der Waals surface area contributed by atoms with Gasteiger partial charge in [0.25, 0.3) is 11.8 Å². The van der Waals surface area contributed by atoms with Crippen molar-refractivity contribution in [1.82, 2.24) is 16.2 Å². The van der Waals surface area contributed by atoms with E-state index in [4.69, 9.17) is 16.6 Å². The van der Waals surface area contributed by atoms with Crippen molar-refractivity contribution in [3.8, 4) is 0 Å². The molecule has 0 bridgehead atoms. The summed E-state index contributed by atoms with van der Waals surface area (Å²) in [7, 11) is 0. The van der Waals surface area contributed by atoms with E-state index in [-0.39, 0.29) is 16.8 Å². The second kappa shape index (κ2) is 7.62. The van der Waals surface area contributed by atoms with Crippen LogP contribution in [0.4, 0.5) is 0 Å². The Bertz CT molecular complexity index is 937. The van der Waals surface area contributed by atoms with E-state index < -0.39 is 5.91 Å². The maximum Gasteiger partial charge on any atom is 0.293 e. The molecule has 3 aromatic rings. The molecule has 6 nitrogen and oxygen atoms in total. The van der Waals surface area contributed by atoms with E-state index in [9.17, 15) is 9.59 Å². The van der Waals surface area contributed by atoms with Gasteiger partial charge in [0.2, 0.25) is 0 Å². The zero-order chi connectivity index (χ0) is 17.8. The number of hydrazine groups is 1. The molecule has 0 unspecified atom stereocenters. The van der Waals surface area contributed by atoms with E-state index in [1.807, 2.05) is 30.3 Å². The van der Waals surface area contributed by atoms with E-state index in [0.717, 1.165) is 8.96 Å². The average molecular weight is 465 g/mol. The quantitative estimate of drug-likeness (QED) is 0.308. The first-order valence-electron chi connectivity index (χ1n) is 7.19. The molecular formula is C17H12IN3O3S. The van der Waals surface area contributed by atoms with Crippen molar-refractivity contribution in [2.24, 2.45) is 0 Å². The van der Waals surface area contributed by atoms with Crippen LogP contribution in [0.2, 0.25) is 0 Å². The predicted octanol–water partition coefficient (Wildman–Crippen LogP) is 2.99. The fourth-order valence-corrected chi connectivity index (χ4v) is 2.89. The predicted molar refractivity (Wildman–Crippen MR) is 106 cm³/mol. The van der Waals surface area contributed by atoms with Crippen LogP contribution in [0.15, 0.2) is 59.0 Å². The molecule has 0 atom stereocenters. The average Bonchev–Trinajstić information content (AvgIpc) is 3.04. The molecule has 0 saturated heterocycles. The molecule has 2 aromatic carbocycles. The van der Waals surface area contributed by atoms with Crippen LogP contribution in [0, 0.1) is 3.57 Å². The molecule has 3 N–H and O–H groups in total. The number of para-hydroxylation sites is 1. The summed E-state index contributed by atoms with van der Waals surface area (Å²) in [4.78, 5) is 24.2. The van der Waals surface area contributed by atoms with Gasteiger partial charge in [0.1, 0.15) is 5.58 Å². The number of carbonyl (C=O) groups excluding carboxylic acids is 2. The van der Waals surface area contributed by atoms with E-state index in [1.165, 1.54) is 0 Å². The summed E-state index contributed by atoms with van der Waals surface area (Å²) in [6.07, 6.45) is 0. The van der Waals surface area contributed by atoms with Crippen molar-refractivity contribution in [3.05, 3.63) is 69.5 Å². The zero-order valence-corrected chi connectivity index (χ0v) is 15.7. The van der Waals surface area contributed by atoms with Gasteiger partial charge in [-0.2, -0.15) is 0 Å². The van der Waals surface area contributed by atoms with Gasteiger partial charge in [0.05, 0.1) is 5.56 Å². The van der Waals surface area contributed by atoms with E-state index in [2.05, 4.69) is 38.8 Å². The summed E-state index contributed by atoms with van der Waals surface area (Å²) < 4.78 is 6.26. The Hall–Kier alpha value is -2.46. The van der Waals surface area contributed by atoms with Crippen molar-refractivity contribution in [2.75, 3.05) is 0 Å². The van der Waals surface area contributed by atoms with Crippen LogP contribution in [-0.2, 0) is 0 Å². The fourth-order valence-electron chi connectivity index (χ4n) is 2.12. The number of rotatable bonds is 2. The highest BCUT2D eigenvalue weighted by molar-refractivity contribution is 14.1. The van der Waals surface area contributed by atoms with E-state index >= 15 is 0 Å². The number of nitrogens with one attached hydrogen (secondary N) is 3. The third-order valence-corrected chi connectivity index (χ3v) is 4.43. The highest BCUT2D eigenvalue weighted by Crippen LogP contribution is 2.18. The fraction of sp³-hybridized carbons (Fsp3) is 0. The molecule has 0 fully saturated rings. The van der Waals surface area contributed by atoms with Gasteiger partial charge in [-0.25, -0.2) is 0 Å². The van der Waals surface area contributed by atoms with Gasteiger partial charge in [-0.15, -0.1) is 0 Å². The molecule has 0 aliphatic heterocycles. The summed E-state index contributed by atoms with van der Waals surface area (Å²) in [6, 6.07) is 16.0. The van der Waals surface area contributed by atoms with Gasteiger partial charge in [-0.1, -0.05) is 30.3 Å². The molecule has 0 spiro atoms. The minimum absolute atomic E-state index is 0.0373. The summed E-state index contributed by atoms with van der Waals surface area (Å²) in [5, 5.41) is 3.23. The highest BCUT2D eigenvalue weighted by atomic mass is 127.